The summed E-state index contributed by atoms with van der Waals surface area (Å²) < 4.78 is 5.95. The van der Waals surface area contributed by atoms with Crippen molar-refractivity contribution in [2.75, 3.05) is 6.54 Å². The predicted molar refractivity (Wildman–Crippen MR) is 81.0 cm³/mol. The lowest BCUT2D eigenvalue weighted by Crippen LogP contribution is -2.13. The summed E-state index contributed by atoms with van der Waals surface area (Å²) in [5, 5.41) is 12.8. The van der Waals surface area contributed by atoms with E-state index in [9.17, 15) is 5.11 Å². The second-order valence-electron chi connectivity index (χ2n) is 4.80. The molecule has 0 saturated carbocycles. The van der Waals surface area contributed by atoms with Gasteiger partial charge in [-0.25, -0.2) is 0 Å². The minimum atomic E-state index is 0.267. The van der Waals surface area contributed by atoms with Crippen molar-refractivity contribution < 1.29 is 9.84 Å². The fraction of sp³-hybridized carbons (Fsp3) is 0.294. The highest BCUT2D eigenvalue weighted by Gasteiger charge is 2.07. The van der Waals surface area contributed by atoms with Crippen molar-refractivity contribution in [2.24, 2.45) is 0 Å². The van der Waals surface area contributed by atoms with E-state index in [4.69, 9.17) is 4.74 Å². The Bertz CT molecular complexity index is 567. The monoisotopic (exact) mass is 271 g/mol. The molecule has 0 saturated heterocycles. The molecule has 0 spiro atoms. The number of aromatic hydroxyl groups is 1. The first kappa shape index (κ1) is 14.4. The highest BCUT2D eigenvalue weighted by molar-refractivity contribution is 5.41. The number of rotatable bonds is 6. The number of hydrogen-bond donors (Lipinski definition) is 2. The van der Waals surface area contributed by atoms with Gasteiger partial charge in [0.05, 0.1) is 0 Å². The number of aryl methyl sites for hydroxylation is 1. The van der Waals surface area contributed by atoms with Crippen molar-refractivity contribution in [1.29, 1.82) is 0 Å². The number of phenolic OH excluding ortho intramolecular Hbond substituents is 1. The summed E-state index contributed by atoms with van der Waals surface area (Å²) in [7, 11) is 0. The first-order chi connectivity index (χ1) is 9.70. The Hall–Kier alpha value is -2.00. The minimum absolute atomic E-state index is 0.267. The second-order valence-corrected chi connectivity index (χ2v) is 4.80. The number of phenols is 1. The number of benzene rings is 2. The van der Waals surface area contributed by atoms with Gasteiger partial charge in [0.1, 0.15) is 18.1 Å². The lowest BCUT2D eigenvalue weighted by Gasteiger charge is -2.14. The fourth-order valence-electron chi connectivity index (χ4n) is 2.12. The summed E-state index contributed by atoms with van der Waals surface area (Å²) in [6, 6.07) is 13.3. The van der Waals surface area contributed by atoms with Gasteiger partial charge in [0.25, 0.3) is 0 Å². The molecule has 0 aliphatic rings. The molecule has 0 unspecified atom stereocenters. The average molecular weight is 271 g/mol. The van der Waals surface area contributed by atoms with Crippen LogP contribution in [0.5, 0.6) is 11.5 Å². The lowest BCUT2D eigenvalue weighted by molar-refractivity contribution is 0.299. The molecule has 0 aliphatic heterocycles. The smallest absolute Gasteiger partial charge is 0.127 e. The van der Waals surface area contributed by atoms with Crippen LogP contribution in [-0.4, -0.2) is 11.7 Å². The van der Waals surface area contributed by atoms with E-state index >= 15 is 0 Å². The van der Waals surface area contributed by atoms with Gasteiger partial charge in [-0.2, -0.15) is 0 Å². The van der Waals surface area contributed by atoms with Gasteiger partial charge in [-0.05, 0) is 36.7 Å². The van der Waals surface area contributed by atoms with E-state index in [1.165, 1.54) is 0 Å². The van der Waals surface area contributed by atoms with Gasteiger partial charge < -0.3 is 15.2 Å². The van der Waals surface area contributed by atoms with Crippen molar-refractivity contribution in [1.82, 2.24) is 5.32 Å². The first-order valence-corrected chi connectivity index (χ1v) is 6.90. The van der Waals surface area contributed by atoms with Gasteiger partial charge >= 0.3 is 0 Å². The van der Waals surface area contributed by atoms with E-state index in [1.807, 2.05) is 31.2 Å². The van der Waals surface area contributed by atoms with Crippen LogP contribution < -0.4 is 10.1 Å². The number of para-hydroxylation sites is 1. The maximum absolute atomic E-state index is 9.47. The third kappa shape index (κ3) is 3.75. The van der Waals surface area contributed by atoms with E-state index in [-0.39, 0.29) is 5.75 Å². The molecule has 0 aliphatic carbocycles. The Morgan fingerprint density at radius 1 is 1.15 bits per heavy atom. The molecule has 3 nitrogen and oxygen atoms in total. The molecule has 3 heteroatoms. The van der Waals surface area contributed by atoms with Gasteiger partial charge in [-0.3, -0.25) is 0 Å². The molecule has 0 atom stereocenters. The second kappa shape index (κ2) is 6.96. The third-order valence-corrected chi connectivity index (χ3v) is 3.15. The predicted octanol–water partition coefficient (Wildman–Crippen LogP) is 3.39. The molecule has 0 bridgehead atoms. The number of nitrogens with one attached hydrogen (secondary N) is 1. The molecular formula is C17H21NO2. The zero-order chi connectivity index (χ0) is 14.4. The quantitative estimate of drug-likeness (QED) is 0.846. The highest BCUT2D eigenvalue weighted by Crippen LogP contribution is 2.25. The molecule has 20 heavy (non-hydrogen) atoms. The summed E-state index contributed by atoms with van der Waals surface area (Å²) in [6.45, 7) is 6.32. The van der Waals surface area contributed by atoms with Gasteiger partial charge in [-0.1, -0.05) is 37.3 Å². The van der Waals surface area contributed by atoms with Crippen LogP contribution in [0.2, 0.25) is 0 Å². The Labute approximate surface area is 120 Å². The standard InChI is InChI=1S/C17H21NO2/c1-3-18-11-15-8-4-6-13(2)17(15)20-12-14-7-5-9-16(19)10-14/h4-10,18-19H,3,11-12H2,1-2H3. The van der Waals surface area contributed by atoms with Crippen LogP contribution in [0.4, 0.5) is 0 Å². The normalized spacial score (nSPS) is 10.5. The van der Waals surface area contributed by atoms with Crippen LogP contribution in [-0.2, 0) is 13.2 Å². The molecule has 2 aromatic rings. The summed E-state index contributed by atoms with van der Waals surface area (Å²) in [4.78, 5) is 0. The molecule has 2 aromatic carbocycles. The number of ether oxygens (including phenoxy) is 1. The van der Waals surface area contributed by atoms with Gasteiger partial charge in [0.15, 0.2) is 0 Å². The molecule has 2 rings (SSSR count). The van der Waals surface area contributed by atoms with Crippen molar-refractivity contribution in [2.45, 2.75) is 27.0 Å². The fourth-order valence-corrected chi connectivity index (χ4v) is 2.12. The first-order valence-electron chi connectivity index (χ1n) is 6.90. The van der Waals surface area contributed by atoms with E-state index in [1.54, 1.807) is 12.1 Å². The van der Waals surface area contributed by atoms with Crippen molar-refractivity contribution in [3.8, 4) is 11.5 Å². The van der Waals surface area contributed by atoms with E-state index < -0.39 is 0 Å². The molecule has 0 heterocycles. The number of hydrogen-bond acceptors (Lipinski definition) is 3. The Morgan fingerprint density at radius 2 is 1.95 bits per heavy atom. The summed E-state index contributed by atoms with van der Waals surface area (Å²) in [5.74, 6) is 1.19. The Morgan fingerprint density at radius 3 is 2.70 bits per heavy atom. The van der Waals surface area contributed by atoms with E-state index in [0.29, 0.717) is 6.61 Å². The lowest BCUT2D eigenvalue weighted by atomic mass is 10.1. The maximum Gasteiger partial charge on any atom is 0.127 e. The van der Waals surface area contributed by atoms with E-state index in [0.717, 1.165) is 35.5 Å². The molecule has 0 amide bonds. The van der Waals surface area contributed by atoms with Crippen LogP contribution in [0.3, 0.4) is 0 Å². The molecule has 0 fully saturated rings. The topological polar surface area (TPSA) is 41.5 Å². The minimum Gasteiger partial charge on any atom is -0.508 e. The van der Waals surface area contributed by atoms with Gasteiger partial charge in [0, 0.05) is 12.1 Å². The van der Waals surface area contributed by atoms with Gasteiger partial charge in [0.2, 0.25) is 0 Å². The molecule has 0 aromatic heterocycles. The summed E-state index contributed by atoms with van der Waals surface area (Å²) >= 11 is 0. The molecule has 2 N–H and O–H groups in total. The van der Waals surface area contributed by atoms with Crippen molar-refractivity contribution in [3.05, 3.63) is 59.2 Å². The average Bonchev–Trinajstić information content (AvgIpc) is 2.44. The third-order valence-electron chi connectivity index (χ3n) is 3.15. The maximum atomic E-state index is 9.47. The largest absolute Gasteiger partial charge is 0.508 e. The Balaban J connectivity index is 2.11. The van der Waals surface area contributed by atoms with Crippen LogP contribution in [0.15, 0.2) is 42.5 Å². The summed E-state index contributed by atoms with van der Waals surface area (Å²) in [5.41, 5.74) is 3.25. The van der Waals surface area contributed by atoms with Crippen molar-refractivity contribution in [3.63, 3.8) is 0 Å². The Kier molecular flexibility index (Phi) is 5.02. The highest BCUT2D eigenvalue weighted by atomic mass is 16.5. The SMILES string of the molecule is CCNCc1cccc(C)c1OCc1cccc(O)c1. The summed E-state index contributed by atoms with van der Waals surface area (Å²) in [6.07, 6.45) is 0. The van der Waals surface area contributed by atoms with Crippen LogP contribution in [0, 0.1) is 6.92 Å². The van der Waals surface area contributed by atoms with Gasteiger partial charge in [-0.15, -0.1) is 0 Å². The molecule has 106 valence electrons. The van der Waals surface area contributed by atoms with Crippen LogP contribution in [0.25, 0.3) is 0 Å². The van der Waals surface area contributed by atoms with Crippen LogP contribution in [0.1, 0.15) is 23.6 Å². The zero-order valence-corrected chi connectivity index (χ0v) is 12.0. The van der Waals surface area contributed by atoms with Crippen LogP contribution >= 0.6 is 0 Å². The molecular weight excluding hydrogens is 250 g/mol. The molecule has 0 radical (unpaired) electrons. The van der Waals surface area contributed by atoms with Crippen molar-refractivity contribution >= 4 is 0 Å². The zero-order valence-electron chi connectivity index (χ0n) is 12.0. The van der Waals surface area contributed by atoms with E-state index in [2.05, 4.69) is 18.3 Å².